The summed E-state index contributed by atoms with van der Waals surface area (Å²) < 4.78 is 7.06. The molecular weight excluding hydrogens is 216 g/mol. The highest BCUT2D eigenvalue weighted by molar-refractivity contribution is 5.77. The van der Waals surface area contributed by atoms with Gasteiger partial charge in [-0.1, -0.05) is 13.8 Å². The van der Waals surface area contributed by atoms with Crippen LogP contribution >= 0.6 is 0 Å². The van der Waals surface area contributed by atoms with Crippen LogP contribution in [0.4, 0.5) is 0 Å². The van der Waals surface area contributed by atoms with Crippen molar-refractivity contribution in [2.45, 2.75) is 45.6 Å². The maximum atomic E-state index is 11.7. The summed E-state index contributed by atoms with van der Waals surface area (Å²) >= 11 is 0. The number of hydrogen-bond acceptors (Lipinski definition) is 3. The number of esters is 1. The Morgan fingerprint density at radius 3 is 3.06 bits per heavy atom. The molecule has 0 radical (unpaired) electrons. The summed E-state index contributed by atoms with van der Waals surface area (Å²) in [6, 6.07) is 0. The first-order valence-corrected chi connectivity index (χ1v) is 6.25. The van der Waals surface area contributed by atoms with Gasteiger partial charge in [-0.2, -0.15) is 0 Å². The van der Waals surface area contributed by atoms with Crippen molar-refractivity contribution in [3.63, 3.8) is 0 Å². The molecule has 1 aromatic rings. The molecule has 1 aliphatic rings. The number of aromatic nitrogens is 2. The van der Waals surface area contributed by atoms with Gasteiger partial charge in [-0.15, -0.1) is 0 Å². The second-order valence-electron chi connectivity index (χ2n) is 5.07. The van der Waals surface area contributed by atoms with Gasteiger partial charge in [0.1, 0.15) is 5.82 Å². The molecule has 2 heterocycles. The second-order valence-corrected chi connectivity index (χ2v) is 5.07. The molecule has 4 nitrogen and oxygen atoms in total. The summed E-state index contributed by atoms with van der Waals surface area (Å²) in [6.07, 6.45) is 4.71. The Hall–Kier alpha value is -1.32. The van der Waals surface area contributed by atoms with Crippen LogP contribution < -0.4 is 0 Å². The smallest absolute Gasteiger partial charge is 0.314 e. The summed E-state index contributed by atoms with van der Waals surface area (Å²) in [6.45, 7) is 5.34. The van der Waals surface area contributed by atoms with E-state index in [0.29, 0.717) is 5.92 Å². The zero-order valence-corrected chi connectivity index (χ0v) is 10.8. The van der Waals surface area contributed by atoms with Crippen LogP contribution in [0.1, 0.15) is 44.1 Å². The van der Waals surface area contributed by atoms with Crippen molar-refractivity contribution in [2.24, 2.45) is 5.92 Å². The van der Waals surface area contributed by atoms with E-state index in [1.165, 1.54) is 7.11 Å². The number of rotatable bonds is 3. The van der Waals surface area contributed by atoms with Gasteiger partial charge in [-0.05, 0) is 18.8 Å². The number of ether oxygens (including phenoxy) is 1. The van der Waals surface area contributed by atoms with Crippen molar-refractivity contribution < 1.29 is 9.53 Å². The summed E-state index contributed by atoms with van der Waals surface area (Å²) in [7, 11) is 1.45. The Bertz CT molecular complexity index is 410. The van der Waals surface area contributed by atoms with E-state index in [1.54, 1.807) is 0 Å². The average molecular weight is 236 g/mol. The van der Waals surface area contributed by atoms with Crippen molar-refractivity contribution in [1.82, 2.24) is 9.55 Å². The van der Waals surface area contributed by atoms with E-state index < -0.39 is 0 Å². The van der Waals surface area contributed by atoms with Crippen LogP contribution in [0.15, 0.2) is 6.20 Å². The molecule has 17 heavy (non-hydrogen) atoms. The fourth-order valence-electron chi connectivity index (χ4n) is 2.48. The number of carbonyl (C=O) groups excluding carboxylic acids is 1. The van der Waals surface area contributed by atoms with E-state index in [-0.39, 0.29) is 11.9 Å². The standard InChI is InChI=1S/C13H20N2O2/c1-9(2)7-12-14-8-11-10(13(16)17-3)5-4-6-15(11)12/h8-10H,4-7H2,1-3H3. The van der Waals surface area contributed by atoms with E-state index in [1.807, 2.05) is 6.20 Å². The molecule has 1 aliphatic heterocycles. The van der Waals surface area contributed by atoms with Crippen molar-refractivity contribution in [1.29, 1.82) is 0 Å². The molecule has 0 aromatic carbocycles. The summed E-state index contributed by atoms with van der Waals surface area (Å²) in [4.78, 5) is 16.2. The third-order valence-electron chi connectivity index (χ3n) is 3.28. The molecule has 4 heteroatoms. The molecular formula is C13H20N2O2. The van der Waals surface area contributed by atoms with Gasteiger partial charge in [0.25, 0.3) is 0 Å². The lowest BCUT2D eigenvalue weighted by Crippen LogP contribution is -2.24. The zero-order chi connectivity index (χ0) is 12.4. The Morgan fingerprint density at radius 1 is 1.65 bits per heavy atom. The molecule has 1 atom stereocenters. The fourth-order valence-corrected chi connectivity index (χ4v) is 2.48. The Kier molecular flexibility index (Phi) is 3.50. The number of methoxy groups -OCH3 is 1. The van der Waals surface area contributed by atoms with Crippen LogP contribution in [0.3, 0.4) is 0 Å². The van der Waals surface area contributed by atoms with Crippen molar-refractivity contribution in [3.05, 3.63) is 17.7 Å². The highest BCUT2D eigenvalue weighted by atomic mass is 16.5. The highest BCUT2D eigenvalue weighted by Gasteiger charge is 2.29. The SMILES string of the molecule is COC(=O)C1CCCn2c1cnc2CC(C)C. The van der Waals surface area contributed by atoms with E-state index in [4.69, 9.17) is 4.74 Å². The number of carbonyl (C=O) groups is 1. The van der Waals surface area contributed by atoms with Gasteiger partial charge in [0.05, 0.1) is 18.7 Å². The molecule has 0 saturated heterocycles. The van der Waals surface area contributed by atoms with Gasteiger partial charge in [0, 0.05) is 19.2 Å². The molecule has 0 amide bonds. The van der Waals surface area contributed by atoms with Gasteiger partial charge in [0.15, 0.2) is 0 Å². The average Bonchev–Trinajstić information content (AvgIpc) is 2.71. The molecule has 1 aromatic heterocycles. The van der Waals surface area contributed by atoms with E-state index in [0.717, 1.165) is 37.3 Å². The highest BCUT2D eigenvalue weighted by Crippen LogP contribution is 2.29. The molecule has 0 spiro atoms. The lowest BCUT2D eigenvalue weighted by molar-refractivity contribution is -0.143. The maximum Gasteiger partial charge on any atom is 0.314 e. The van der Waals surface area contributed by atoms with Gasteiger partial charge in [-0.3, -0.25) is 4.79 Å². The van der Waals surface area contributed by atoms with Crippen LogP contribution in [0, 0.1) is 5.92 Å². The summed E-state index contributed by atoms with van der Waals surface area (Å²) in [5.41, 5.74) is 1.03. The third-order valence-corrected chi connectivity index (χ3v) is 3.28. The summed E-state index contributed by atoms with van der Waals surface area (Å²) in [5, 5.41) is 0. The first-order valence-electron chi connectivity index (χ1n) is 6.25. The molecule has 94 valence electrons. The van der Waals surface area contributed by atoms with Gasteiger partial charge in [-0.25, -0.2) is 4.98 Å². The first kappa shape index (κ1) is 12.1. The number of hydrogen-bond donors (Lipinski definition) is 0. The monoisotopic (exact) mass is 236 g/mol. The van der Waals surface area contributed by atoms with E-state index in [2.05, 4.69) is 23.4 Å². The van der Waals surface area contributed by atoms with E-state index in [9.17, 15) is 4.79 Å². The fraction of sp³-hybridized carbons (Fsp3) is 0.692. The van der Waals surface area contributed by atoms with Crippen LogP contribution in [0.2, 0.25) is 0 Å². The molecule has 0 aliphatic carbocycles. The summed E-state index contributed by atoms with van der Waals surface area (Å²) in [5.74, 6) is 1.42. The third kappa shape index (κ3) is 2.35. The van der Waals surface area contributed by atoms with Crippen LogP contribution in [-0.4, -0.2) is 22.6 Å². The lowest BCUT2D eigenvalue weighted by atomic mass is 9.96. The number of nitrogens with zero attached hydrogens (tertiary/aromatic N) is 2. The number of fused-ring (bicyclic) bond motifs is 1. The van der Waals surface area contributed by atoms with E-state index >= 15 is 0 Å². The predicted octanol–water partition coefficient (Wildman–Crippen LogP) is 2.13. The van der Waals surface area contributed by atoms with Crippen molar-refractivity contribution in [3.8, 4) is 0 Å². The molecule has 0 bridgehead atoms. The Balaban J connectivity index is 2.28. The number of imidazole rings is 1. The lowest BCUT2D eigenvalue weighted by Gasteiger charge is -2.23. The minimum atomic E-state index is -0.137. The molecule has 0 N–H and O–H groups in total. The quantitative estimate of drug-likeness (QED) is 0.755. The maximum absolute atomic E-state index is 11.7. The van der Waals surface area contributed by atoms with Crippen LogP contribution in [0.5, 0.6) is 0 Å². The van der Waals surface area contributed by atoms with Crippen LogP contribution in [0.25, 0.3) is 0 Å². The second kappa shape index (κ2) is 4.90. The van der Waals surface area contributed by atoms with Crippen molar-refractivity contribution in [2.75, 3.05) is 7.11 Å². The minimum Gasteiger partial charge on any atom is -0.469 e. The molecule has 2 rings (SSSR count). The molecule has 0 fully saturated rings. The topological polar surface area (TPSA) is 44.1 Å². The predicted molar refractivity (Wildman–Crippen MR) is 64.8 cm³/mol. The van der Waals surface area contributed by atoms with Crippen molar-refractivity contribution >= 4 is 5.97 Å². The zero-order valence-electron chi connectivity index (χ0n) is 10.8. The molecule has 1 unspecified atom stereocenters. The first-order chi connectivity index (χ1) is 8.13. The minimum absolute atomic E-state index is 0.123. The van der Waals surface area contributed by atoms with Gasteiger partial charge < -0.3 is 9.30 Å². The molecule has 0 saturated carbocycles. The normalized spacial score (nSPS) is 19.2. The van der Waals surface area contributed by atoms with Gasteiger partial charge >= 0.3 is 5.97 Å². The Morgan fingerprint density at radius 2 is 2.41 bits per heavy atom. The Labute approximate surface area is 102 Å². The van der Waals surface area contributed by atoms with Gasteiger partial charge in [0.2, 0.25) is 0 Å². The largest absolute Gasteiger partial charge is 0.469 e. The van der Waals surface area contributed by atoms with Crippen LogP contribution in [-0.2, 0) is 22.5 Å².